The molecule has 2 nitrogen and oxygen atoms in total. The minimum atomic E-state index is 0.541. The Balaban J connectivity index is 2.23. The summed E-state index contributed by atoms with van der Waals surface area (Å²) in [5, 5.41) is 1.03. The monoisotopic (exact) mass is 232 g/mol. The highest BCUT2D eigenvalue weighted by molar-refractivity contribution is 7.11. The number of aromatic nitrogens is 1. The van der Waals surface area contributed by atoms with Crippen molar-refractivity contribution < 1.29 is 0 Å². The maximum absolute atomic E-state index is 5.60. The van der Waals surface area contributed by atoms with Crippen molar-refractivity contribution in [2.24, 2.45) is 5.73 Å². The predicted octanol–water partition coefficient (Wildman–Crippen LogP) is 2.81. The van der Waals surface area contributed by atoms with E-state index in [4.69, 9.17) is 5.73 Å². The van der Waals surface area contributed by atoms with E-state index in [2.05, 4.69) is 43.1 Å². The number of thiazole rings is 1. The molecule has 0 bridgehead atoms. The molecule has 84 valence electrons. The van der Waals surface area contributed by atoms with Gasteiger partial charge in [0.15, 0.2) is 0 Å². The molecule has 2 N–H and O–H groups in total. The molecule has 2 rings (SSSR count). The maximum atomic E-state index is 5.60. The van der Waals surface area contributed by atoms with E-state index in [0.29, 0.717) is 6.54 Å². The highest BCUT2D eigenvalue weighted by atomic mass is 32.1. The Hall–Kier alpha value is -1.19. The molecule has 16 heavy (non-hydrogen) atoms. The van der Waals surface area contributed by atoms with Crippen LogP contribution in [0.4, 0.5) is 0 Å². The first kappa shape index (κ1) is 11.3. The molecule has 0 spiro atoms. The van der Waals surface area contributed by atoms with Crippen LogP contribution in [0.1, 0.15) is 26.7 Å². The van der Waals surface area contributed by atoms with Crippen molar-refractivity contribution in [2.75, 3.05) is 0 Å². The second-order valence-corrected chi connectivity index (χ2v) is 5.15. The largest absolute Gasteiger partial charge is 0.325 e. The highest BCUT2D eigenvalue weighted by Gasteiger charge is 2.07. The van der Waals surface area contributed by atoms with Crippen molar-refractivity contribution in [3.8, 4) is 0 Å². The van der Waals surface area contributed by atoms with Crippen molar-refractivity contribution in [2.45, 2.75) is 26.8 Å². The third-order valence-corrected chi connectivity index (χ3v) is 3.74. The molecule has 1 aromatic carbocycles. The van der Waals surface area contributed by atoms with Gasteiger partial charge in [0.25, 0.3) is 0 Å². The summed E-state index contributed by atoms with van der Waals surface area (Å²) in [6.07, 6.45) is 0.963. The second kappa shape index (κ2) is 4.76. The Bertz CT molecular complexity index is 488. The Labute approximate surface area is 100 Å². The fourth-order valence-electron chi connectivity index (χ4n) is 1.75. The van der Waals surface area contributed by atoms with Crippen molar-refractivity contribution in [1.29, 1.82) is 0 Å². The van der Waals surface area contributed by atoms with Gasteiger partial charge in [0.05, 0.1) is 5.69 Å². The van der Waals surface area contributed by atoms with Crippen LogP contribution in [0.25, 0.3) is 0 Å². The minimum absolute atomic E-state index is 0.541. The molecule has 0 unspecified atom stereocenters. The van der Waals surface area contributed by atoms with Crippen LogP contribution >= 0.6 is 11.3 Å². The summed E-state index contributed by atoms with van der Waals surface area (Å²) in [6, 6.07) is 8.61. The van der Waals surface area contributed by atoms with Crippen LogP contribution in [0.2, 0.25) is 0 Å². The molecule has 0 aliphatic heterocycles. The summed E-state index contributed by atoms with van der Waals surface area (Å²) < 4.78 is 0. The number of hydrogen-bond acceptors (Lipinski definition) is 3. The Kier molecular flexibility index (Phi) is 3.36. The van der Waals surface area contributed by atoms with Crippen molar-refractivity contribution >= 4 is 11.3 Å². The van der Waals surface area contributed by atoms with Crippen LogP contribution in [0.5, 0.6) is 0 Å². The van der Waals surface area contributed by atoms with Crippen molar-refractivity contribution in [1.82, 2.24) is 4.98 Å². The molecular formula is C13H16N2S. The third-order valence-electron chi connectivity index (χ3n) is 2.56. The minimum Gasteiger partial charge on any atom is -0.325 e. The van der Waals surface area contributed by atoms with Gasteiger partial charge in [-0.15, -0.1) is 11.3 Å². The SMILES string of the molecule is Cc1cccc(Cc2sc(CN)nc2C)c1. The third kappa shape index (κ3) is 2.49. The van der Waals surface area contributed by atoms with Gasteiger partial charge in [-0.1, -0.05) is 29.8 Å². The normalized spacial score (nSPS) is 10.7. The van der Waals surface area contributed by atoms with Gasteiger partial charge < -0.3 is 5.73 Å². The average Bonchev–Trinajstić information content (AvgIpc) is 2.60. The van der Waals surface area contributed by atoms with Gasteiger partial charge >= 0.3 is 0 Å². The molecular weight excluding hydrogens is 216 g/mol. The Morgan fingerprint density at radius 3 is 2.75 bits per heavy atom. The van der Waals surface area contributed by atoms with Crippen LogP contribution in [0, 0.1) is 13.8 Å². The zero-order valence-corrected chi connectivity index (χ0v) is 10.5. The molecule has 1 heterocycles. The number of nitrogens with zero attached hydrogens (tertiary/aromatic N) is 1. The van der Waals surface area contributed by atoms with Crippen molar-refractivity contribution in [3.63, 3.8) is 0 Å². The van der Waals surface area contributed by atoms with Gasteiger partial charge in [0.1, 0.15) is 5.01 Å². The zero-order valence-electron chi connectivity index (χ0n) is 9.66. The van der Waals surface area contributed by atoms with E-state index in [-0.39, 0.29) is 0 Å². The smallest absolute Gasteiger partial charge is 0.107 e. The topological polar surface area (TPSA) is 38.9 Å². The molecule has 0 aliphatic rings. The van der Waals surface area contributed by atoms with E-state index in [9.17, 15) is 0 Å². The molecule has 0 aliphatic carbocycles. The lowest BCUT2D eigenvalue weighted by Gasteiger charge is -2.00. The van der Waals surface area contributed by atoms with E-state index in [0.717, 1.165) is 17.1 Å². The van der Waals surface area contributed by atoms with Crippen LogP contribution in [-0.2, 0) is 13.0 Å². The fourth-order valence-corrected chi connectivity index (χ4v) is 2.73. The molecule has 1 aromatic heterocycles. The van der Waals surface area contributed by atoms with E-state index < -0.39 is 0 Å². The van der Waals surface area contributed by atoms with Gasteiger partial charge in [-0.2, -0.15) is 0 Å². The lowest BCUT2D eigenvalue weighted by molar-refractivity contribution is 1.01. The molecule has 2 aromatic rings. The quantitative estimate of drug-likeness (QED) is 0.883. The zero-order chi connectivity index (χ0) is 11.5. The standard InChI is InChI=1S/C13H16N2S/c1-9-4-3-5-11(6-9)7-12-10(2)15-13(8-14)16-12/h3-6H,7-8,14H2,1-2H3. The summed E-state index contributed by atoms with van der Waals surface area (Å²) in [5.74, 6) is 0. The van der Waals surface area contributed by atoms with Crippen LogP contribution in [0.15, 0.2) is 24.3 Å². The molecule has 0 saturated carbocycles. The Morgan fingerprint density at radius 1 is 1.31 bits per heavy atom. The predicted molar refractivity (Wildman–Crippen MR) is 68.7 cm³/mol. The summed E-state index contributed by atoms with van der Waals surface area (Å²) in [7, 11) is 0. The number of benzene rings is 1. The first-order valence-electron chi connectivity index (χ1n) is 5.40. The Morgan fingerprint density at radius 2 is 2.12 bits per heavy atom. The number of hydrogen-bond donors (Lipinski definition) is 1. The molecule has 0 atom stereocenters. The number of aryl methyl sites for hydroxylation is 2. The molecule has 0 radical (unpaired) electrons. The van der Waals surface area contributed by atoms with Crippen LogP contribution in [-0.4, -0.2) is 4.98 Å². The molecule has 0 saturated heterocycles. The summed E-state index contributed by atoms with van der Waals surface area (Å²) in [4.78, 5) is 5.77. The van der Waals surface area contributed by atoms with Crippen LogP contribution in [0.3, 0.4) is 0 Å². The summed E-state index contributed by atoms with van der Waals surface area (Å²) >= 11 is 1.72. The lowest BCUT2D eigenvalue weighted by Crippen LogP contribution is -1.94. The van der Waals surface area contributed by atoms with Gasteiger partial charge in [0.2, 0.25) is 0 Å². The van der Waals surface area contributed by atoms with Gasteiger partial charge in [-0.25, -0.2) is 4.98 Å². The van der Waals surface area contributed by atoms with Gasteiger partial charge in [-0.3, -0.25) is 0 Å². The maximum Gasteiger partial charge on any atom is 0.107 e. The first-order chi connectivity index (χ1) is 7.69. The number of rotatable bonds is 3. The van der Waals surface area contributed by atoms with Crippen molar-refractivity contribution in [3.05, 3.63) is 51.0 Å². The summed E-state index contributed by atoms with van der Waals surface area (Å²) in [6.45, 7) is 4.72. The first-order valence-corrected chi connectivity index (χ1v) is 6.21. The fraction of sp³-hybridized carbons (Fsp3) is 0.308. The van der Waals surface area contributed by atoms with E-state index in [1.54, 1.807) is 11.3 Å². The second-order valence-electron chi connectivity index (χ2n) is 3.99. The van der Waals surface area contributed by atoms with Gasteiger partial charge in [0, 0.05) is 17.8 Å². The number of nitrogens with two attached hydrogens (primary N) is 1. The summed E-state index contributed by atoms with van der Waals surface area (Å²) in [5.41, 5.74) is 9.36. The lowest BCUT2D eigenvalue weighted by atomic mass is 10.1. The highest BCUT2D eigenvalue weighted by Crippen LogP contribution is 2.21. The van der Waals surface area contributed by atoms with Crippen LogP contribution < -0.4 is 5.73 Å². The average molecular weight is 232 g/mol. The molecule has 0 amide bonds. The van der Waals surface area contributed by atoms with E-state index in [1.807, 2.05) is 0 Å². The van der Waals surface area contributed by atoms with E-state index in [1.165, 1.54) is 16.0 Å². The van der Waals surface area contributed by atoms with Gasteiger partial charge in [-0.05, 0) is 19.4 Å². The molecule has 0 fully saturated rings. The van der Waals surface area contributed by atoms with E-state index >= 15 is 0 Å². The molecule has 3 heteroatoms.